The first-order chi connectivity index (χ1) is 9.19. The average molecular weight is 264 g/mol. The highest BCUT2D eigenvalue weighted by Gasteiger charge is 2.05. The minimum Gasteiger partial charge on any atom is -0.464 e. The quantitative estimate of drug-likeness (QED) is 0.726. The maximum Gasteiger partial charge on any atom is 0.323 e. The molecule has 19 heavy (non-hydrogen) atoms. The first-order valence-electron chi connectivity index (χ1n) is 5.90. The number of aryl methyl sites for hydroxylation is 1. The smallest absolute Gasteiger partial charge is 0.323 e. The first-order valence-corrected chi connectivity index (χ1v) is 5.90. The summed E-state index contributed by atoms with van der Waals surface area (Å²) in [5, 5.41) is 10.8. The molecule has 0 unspecified atom stereocenters. The van der Waals surface area contributed by atoms with Crippen molar-refractivity contribution >= 4 is 11.9 Å². The molecule has 0 aliphatic rings. The van der Waals surface area contributed by atoms with Crippen LogP contribution in [0.5, 0.6) is 6.01 Å². The summed E-state index contributed by atoms with van der Waals surface area (Å²) in [4.78, 5) is 11.9. The number of hydrogen-bond acceptors (Lipinski definition) is 8. The van der Waals surface area contributed by atoms with Crippen LogP contribution in [0.15, 0.2) is 6.33 Å². The van der Waals surface area contributed by atoms with Gasteiger partial charge in [-0.3, -0.25) is 0 Å². The maximum atomic E-state index is 5.57. The van der Waals surface area contributed by atoms with E-state index in [0.717, 1.165) is 5.82 Å². The zero-order chi connectivity index (χ0) is 13.7. The Kier molecular flexibility index (Phi) is 4.06. The fourth-order valence-electron chi connectivity index (χ4n) is 1.46. The summed E-state index contributed by atoms with van der Waals surface area (Å²) in [6.07, 6.45) is 2.36. The number of rotatable bonds is 6. The third-order valence-electron chi connectivity index (χ3n) is 2.34. The van der Waals surface area contributed by atoms with Crippen LogP contribution in [0.2, 0.25) is 0 Å². The summed E-state index contributed by atoms with van der Waals surface area (Å²) in [7, 11) is 1.89. The van der Waals surface area contributed by atoms with Crippen molar-refractivity contribution < 1.29 is 4.74 Å². The SMILES string of the molecule is CCOc1nc(N)nc(NCCc2nncn2C)n1. The predicted octanol–water partition coefficient (Wildman–Crippen LogP) is -0.364. The predicted molar refractivity (Wildman–Crippen MR) is 68.6 cm³/mol. The molecule has 0 bridgehead atoms. The van der Waals surface area contributed by atoms with Crippen molar-refractivity contribution in [2.24, 2.45) is 7.05 Å². The van der Waals surface area contributed by atoms with Gasteiger partial charge < -0.3 is 20.4 Å². The second-order valence-electron chi connectivity index (χ2n) is 3.77. The molecule has 0 atom stereocenters. The lowest BCUT2D eigenvalue weighted by atomic mass is 10.4. The van der Waals surface area contributed by atoms with E-state index >= 15 is 0 Å². The van der Waals surface area contributed by atoms with E-state index in [4.69, 9.17) is 10.5 Å². The molecule has 0 spiro atoms. The molecule has 2 heterocycles. The standard InChI is InChI=1S/C10H16N8O/c1-3-19-10-15-8(11)14-9(16-10)12-5-4-7-17-13-6-18(7)2/h6H,3-5H2,1-2H3,(H3,11,12,14,15,16). The van der Waals surface area contributed by atoms with Crippen LogP contribution in [0.1, 0.15) is 12.7 Å². The molecule has 0 aliphatic carbocycles. The van der Waals surface area contributed by atoms with Gasteiger partial charge in [-0.2, -0.15) is 15.0 Å². The van der Waals surface area contributed by atoms with Gasteiger partial charge in [0, 0.05) is 20.0 Å². The number of anilines is 2. The third-order valence-corrected chi connectivity index (χ3v) is 2.34. The van der Waals surface area contributed by atoms with Gasteiger partial charge >= 0.3 is 6.01 Å². The number of hydrogen-bond donors (Lipinski definition) is 2. The number of nitrogens with one attached hydrogen (secondary N) is 1. The van der Waals surface area contributed by atoms with E-state index in [1.54, 1.807) is 6.33 Å². The average Bonchev–Trinajstić information content (AvgIpc) is 2.75. The van der Waals surface area contributed by atoms with Crippen LogP contribution < -0.4 is 15.8 Å². The Balaban J connectivity index is 1.94. The summed E-state index contributed by atoms with van der Waals surface area (Å²) in [6.45, 7) is 2.94. The lowest BCUT2D eigenvalue weighted by molar-refractivity contribution is 0.312. The molecule has 0 radical (unpaired) electrons. The molecule has 9 heteroatoms. The van der Waals surface area contributed by atoms with Gasteiger partial charge in [0.2, 0.25) is 11.9 Å². The van der Waals surface area contributed by atoms with Gasteiger partial charge in [0.15, 0.2) is 0 Å². The van der Waals surface area contributed by atoms with Gasteiger partial charge in [0.05, 0.1) is 6.61 Å². The van der Waals surface area contributed by atoms with Crippen LogP contribution >= 0.6 is 0 Å². The van der Waals surface area contributed by atoms with Gasteiger partial charge in [-0.05, 0) is 6.92 Å². The number of nitrogens with zero attached hydrogens (tertiary/aromatic N) is 6. The Labute approximate surface area is 110 Å². The summed E-state index contributed by atoms with van der Waals surface area (Å²) in [5.41, 5.74) is 5.57. The van der Waals surface area contributed by atoms with Gasteiger partial charge in [-0.1, -0.05) is 0 Å². The normalized spacial score (nSPS) is 10.4. The number of aromatic nitrogens is 6. The molecule has 2 aromatic heterocycles. The van der Waals surface area contributed by atoms with E-state index in [9.17, 15) is 0 Å². The molecule has 0 aliphatic heterocycles. The topological polar surface area (TPSA) is 117 Å². The highest BCUT2D eigenvalue weighted by molar-refractivity contribution is 5.32. The minimum atomic E-state index is 0.125. The van der Waals surface area contributed by atoms with Crippen molar-refractivity contribution in [1.29, 1.82) is 0 Å². The number of nitrogens with two attached hydrogens (primary N) is 1. The summed E-state index contributed by atoms with van der Waals surface area (Å²) in [5.74, 6) is 1.39. The zero-order valence-electron chi connectivity index (χ0n) is 10.9. The van der Waals surface area contributed by atoms with Crippen molar-refractivity contribution in [2.45, 2.75) is 13.3 Å². The molecule has 0 saturated heterocycles. The second-order valence-corrected chi connectivity index (χ2v) is 3.77. The Morgan fingerprint density at radius 1 is 1.37 bits per heavy atom. The fourth-order valence-corrected chi connectivity index (χ4v) is 1.46. The number of ether oxygens (including phenoxy) is 1. The van der Waals surface area contributed by atoms with E-state index in [2.05, 4.69) is 30.5 Å². The summed E-state index contributed by atoms with van der Waals surface area (Å²) in [6, 6.07) is 0.219. The summed E-state index contributed by atoms with van der Waals surface area (Å²) < 4.78 is 7.05. The largest absolute Gasteiger partial charge is 0.464 e. The Morgan fingerprint density at radius 2 is 2.21 bits per heavy atom. The van der Waals surface area contributed by atoms with E-state index in [1.165, 1.54) is 0 Å². The first kappa shape index (κ1) is 13.0. The minimum absolute atomic E-state index is 0.125. The monoisotopic (exact) mass is 264 g/mol. The van der Waals surface area contributed by atoms with Gasteiger partial charge in [-0.15, -0.1) is 10.2 Å². The molecule has 2 rings (SSSR count). The molecule has 9 nitrogen and oxygen atoms in total. The van der Waals surface area contributed by atoms with Crippen molar-refractivity contribution in [1.82, 2.24) is 29.7 Å². The van der Waals surface area contributed by atoms with Crippen LogP contribution in [0.4, 0.5) is 11.9 Å². The Morgan fingerprint density at radius 3 is 2.89 bits per heavy atom. The second kappa shape index (κ2) is 5.94. The van der Waals surface area contributed by atoms with Crippen LogP contribution in [0.25, 0.3) is 0 Å². The lowest BCUT2D eigenvalue weighted by Gasteiger charge is -2.06. The van der Waals surface area contributed by atoms with E-state index in [1.807, 2.05) is 18.5 Å². The number of nitrogen functional groups attached to an aromatic ring is 1. The van der Waals surface area contributed by atoms with E-state index < -0.39 is 0 Å². The van der Waals surface area contributed by atoms with Crippen LogP contribution in [0, 0.1) is 0 Å². The highest BCUT2D eigenvalue weighted by Crippen LogP contribution is 2.08. The lowest BCUT2D eigenvalue weighted by Crippen LogP contribution is -2.13. The fraction of sp³-hybridized carbons (Fsp3) is 0.500. The van der Waals surface area contributed by atoms with Crippen LogP contribution in [0.3, 0.4) is 0 Å². The molecule has 0 amide bonds. The molecule has 3 N–H and O–H groups in total. The van der Waals surface area contributed by atoms with Crippen molar-refractivity contribution in [2.75, 3.05) is 24.2 Å². The van der Waals surface area contributed by atoms with E-state index in [-0.39, 0.29) is 12.0 Å². The molecular formula is C10H16N8O. The van der Waals surface area contributed by atoms with Crippen molar-refractivity contribution in [3.05, 3.63) is 12.2 Å². The molecular weight excluding hydrogens is 248 g/mol. The van der Waals surface area contributed by atoms with Gasteiger partial charge in [0.1, 0.15) is 12.2 Å². The van der Waals surface area contributed by atoms with Crippen LogP contribution in [-0.2, 0) is 13.5 Å². The van der Waals surface area contributed by atoms with Crippen molar-refractivity contribution in [3.8, 4) is 6.01 Å². The highest BCUT2D eigenvalue weighted by atomic mass is 16.5. The Hall–Kier alpha value is -2.45. The molecule has 102 valence electrons. The summed E-state index contributed by atoms with van der Waals surface area (Å²) >= 11 is 0. The van der Waals surface area contributed by atoms with Crippen molar-refractivity contribution in [3.63, 3.8) is 0 Å². The maximum absolute atomic E-state index is 5.57. The molecule has 0 aromatic carbocycles. The zero-order valence-corrected chi connectivity index (χ0v) is 10.9. The molecule has 2 aromatic rings. The van der Waals surface area contributed by atoms with Gasteiger partial charge in [-0.25, -0.2) is 0 Å². The third kappa shape index (κ3) is 3.50. The van der Waals surface area contributed by atoms with Gasteiger partial charge in [0.25, 0.3) is 0 Å². The molecule has 0 fully saturated rings. The Bertz CT molecular complexity index is 540. The van der Waals surface area contributed by atoms with Crippen LogP contribution in [-0.4, -0.2) is 42.9 Å². The molecule has 0 saturated carbocycles. The van der Waals surface area contributed by atoms with E-state index in [0.29, 0.717) is 25.5 Å².